The first-order valence-corrected chi connectivity index (χ1v) is 24.6. The molecule has 21 fully saturated rings. The monoisotopic (exact) mass is 1130 g/mol. The van der Waals surface area contributed by atoms with Crippen LogP contribution in [0.3, 0.4) is 0 Å². The average molecular weight is 1130 g/mol. The molecule has 7 unspecified atom stereocenters. The number of aliphatic hydroxyl groups excluding tert-OH is 21. The highest BCUT2D eigenvalue weighted by molar-refractivity contribution is 5.01. The summed E-state index contributed by atoms with van der Waals surface area (Å²) in [6, 6.07) is 0. The summed E-state index contributed by atoms with van der Waals surface area (Å²) in [6.45, 7) is -7.38. The number of hydrogen-bond acceptors (Lipinski definition) is 35. The molecule has 35 heteroatoms. The Bertz CT molecular complexity index is 1820. The summed E-state index contributed by atoms with van der Waals surface area (Å²) in [5.74, 6) is -1.66. The maximum atomic E-state index is 11.4. The first-order chi connectivity index (χ1) is 36.7. The molecule has 21 aliphatic heterocycles. The van der Waals surface area contributed by atoms with Crippen molar-refractivity contribution in [2.24, 2.45) is 5.92 Å². The van der Waals surface area contributed by atoms with Gasteiger partial charge >= 0.3 is 0 Å². The van der Waals surface area contributed by atoms with E-state index < -0.39 is 261 Å². The third kappa shape index (κ3) is 12.1. The summed E-state index contributed by atoms with van der Waals surface area (Å²) in [5, 5.41) is 230. The van der Waals surface area contributed by atoms with E-state index in [9.17, 15) is 107 Å². The molecule has 448 valence electrons. The van der Waals surface area contributed by atoms with E-state index >= 15 is 0 Å². The standard InChI is InChI=1S/C42H70O35/c43-1-8-28-27(62)35(63)77-36(8)71-29-9(2-44)65-38(22(57)15(29)50)73-31-11(4-46)67-40(24(59)17(31)52)75-33-13(6-48)69-42(26(61)19(33)54)76-34-14(7-49)68-41(25(60)20(34)55)74-32-12(5-47)66-39(23(58)18(32)53)72-30-10(3-45)64-37(70-28)21(56)16(30)51/h8-63H,1-7H2/t8-,9-,10-,11-,12-,13-,14-,15-,16-,17-,18-,19-,20-,21-,22-,23-,24-,25-,26-,27+,28-,29-,30-,31-,32-,33-,34-,35+,36?,37?,38?,39?,40?,41?,42?/m1/s1. The van der Waals surface area contributed by atoms with E-state index in [1.165, 1.54) is 0 Å². The summed E-state index contributed by atoms with van der Waals surface area (Å²) < 4.78 is 79.5. The zero-order valence-electron chi connectivity index (χ0n) is 40.3. The van der Waals surface area contributed by atoms with Crippen LogP contribution in [0.4, 0.5) is 0 Å². The number of ether oxygens (including phenoxy) is 14. The van der Waals surface area contributed by atoms with Crippen molar-refractivity contribution in [3.63, 3.8) is 0 Å². The Morgan fingerprint density at radius 3 is 0.571 bits per heavy atom. The third-order valence-electron chi connectivity index (χ3n) is 14.8. The predicted molar refractivity (Wildman–Crippen MR) is 228 cm³/mol. The summed E-state index contributed by atoms with van der Waals surface area (Å²) in [4.78, 5) is 0. The van der Waals surface area contributed by atoms with Gasteiger partial charge in [-0.1, -0.05) is 0 Å². The maximum absolute atomic E-state index is 11.4. The highest BCUT2D eigenvalue weighted by Gasteiger charge is 2.59. The van der Waals surface area contributed by atoms with Crippen molar-refractivity contribution in [2.75, 3.05) is 46.2 Å². The molecule has 0 aliphatic carbocycles. The lowest BCUT2D eigenvalue weighted by atomic mass is 9.92. The van der Waals surface area contributed by atoms with E-state index in [1.807, 2.05) is 0 Å². The second-order valence-corrected chi connectivity index (χ2v) is 19.7. The van der Waals surface area contributed by atoms with Crippen LogP contribution in [-0.2, 0) is 66.3 Å². The Morgan fingerprint density at radius 1 is 0.182 bits per heavy atom. The molecule has 14 bridgehead atoms. The topological polar surface area (TPSA) is 554 Å². The Balaban J connectivity index is 1.09. The lowest BCUT2D eigenvalue weighted by Gasteiger charge is -2.50. The minimum absolute atomic E-state index is 1.05. The maximum Gasteiger partial charge on any atom is 0.187 e. The Kier molecular flexibility index (Phi) is 20.8. The zero-order chi connectivity index (χ0) is 56.1. The molecule has 21 aliphatic rings. The van der Waals surface area contributed by atoms with Gasteiger partial charge in [0.15, 0.2) is 50.3 Å². The molecular formula is C42H70O35. The summed E-state index contributed by atoms with van der Waals surface area (Å²) >= 11 is 0. The van der Waals surface area contributed by atoms with Crippen molar-refractivity contribution in [3.8, 4) is 0 Å². The summed E-state index contributed by atoms with van der Waals surface area (Å²) in [5.41, 5.74) is 0. The van der Waals surface area contributed by atoms with E-state index in [2.05, 4.69) is 0 Å². The van der Waals surface area contributed by atoms with Crippen LogP contribution >= 0.6 is 0 Å². The van der Waals surface area contributed by atoms with Gasteiger partial charge in [-0.25, -0.2) is 0 Å². The van der Waals surface area contributed by atoms with Gasteiger partial charge in [-0.2, -0.15) is 0 Å². The predicted octanol–water partition coefficient (Wildman–Crippen LogP) is -15.0. The fourth-order valence-electron chi connectivity index (χ4n) is 10.5. The Hall–Kier alpha value is -1.40. The fourth-order valence-corrected chi connectivity index (χ4v) is 10.5. The Morgan fingerprint density at radius 2 is 0.377 bits per heavy atom. The van der Waals surface area contributed by atoms with Crippen LogP contribution < -0.4 is 0 Å². The molecule has 0 saturated carbocycles. The minimum Gasteiger partial charge on any atom is -0.396 e. The smallest absolute Gasteiger partial charge is 0.187 e. The van der Waals surface area contributed by atoms with Crippen LogP contribution in [0.25, 0.3) is 0 Å². The first-order valence-electron chi connectivity index (χ1n) is 24.6. The van der Waals surface area contributed by atoms with E-state index in [-0.39, 0.29) is 0 Å². The lowest BCUT2D eigenvalue weighted by Crippen LogP contribution is -2.68. The van der Waals surface area contributed by atoms with Crippen LogP contribution in [-0.4, -0.2) is 363 Å². The molecule has 77 heavy (non-hydrogen) atoms. The minimum atomic E-state index is -2.27. The van der Waals surface area contributed by atoms with Gasteiger partial charge in [-0.05, 0) is 0 Å². The number of aliphatic hydroxyl groups is 21. The largest absolute Gasteiger partial charge is 0.396 e. The molecule has 0 aromatic heterocycles. The van der Waals surface area contributed by atoms with Crippen LogP contribution in [0.15, 0.2) is 0 Å². The van der Waals surface area contributed by atoms with E-state index in [0.717, 1.165) is 0 Å². The van der Waals surface area contributed by atoms with E-state index in [4.69, 9.17) is 66.3 Å². The van der Waals surface area contributed by atoms with Gasteiger partial charge in [0.1, 0.15) is 159 Å². The lowest BCUT2D eigenvalue weighted by molar-refractivity contribution is -0.409. The van der Waals surface area contributed by atoms with Gasteiger partial charge < -0.3 is 174 Å². The molecule has 21 rings (SSSR count). The highest BCUT2D eigenvalue weighted by Crippen LogP contribution is 2.39. The second kappa shape index (κ2) is 26.0. The third-order valence-corrected chi connectivity index (χ3v) is 14.8. The SMILES string of the molecule is OC[C@H]1OC2O[C@H]3[C@H](O)[C@@H](O)C(O[C@H]4[C@H](O)[C@@H](O)C(O[C@H]5[C@H](O)[C@@H](O)OC(O[C@H]6[C@H](O)[C@@H](O)C(O[C@H]7[C@H](O)[C@@H](O)C(O[C@H]8[C@H](O)[C@@H](O)C(O[C@H]1[C@H](O)[C@H]2O)O[C@@H]8CO)O[C@@H]7CO)O[C@@H]6CO)[C@@H]5CO)O[C@@H]4CO)O[C@@H]3CO. The van der Waals surface area contributed by atoms with Crippen LogP contribution in [0.5, 0.6) is 0 Å². The highest BCUT2D eigenvalue weighted by atomic mass is 16.8. The van der Waals surface area contributed by atoms with Gasteiger partial charge in [0.2, 0.25) is 0 Å². The molecule has 21 saturated heterocycles. The molecule has 35 atom stereocenters. The molecule has 21 N–H and O–H groups in total. The van der Waals surface area contributed by atoms with Crippen molar-refractivity contribution in [1.82, 2.24) is 0 Å². The van der Waals surface area contributed by atoms with Gasteiger partial charge in [0.25, 0.3) is 0 Å². The van der Waals surface area contributed by atoms with Crippen molar-refractivity contribution >= 4 is 0 Å². The molecule has 0 aromatic carbocycles. The van der Waals surface area contributed by atoms with Crippen molar-refractivity contribution < 1.29 is 174 Å². The molecular weight excluding hydrogens is 1060 g/mol. The summed E-state index contributed by atoms with van der Waals surface area (Å²) in [6.07, 6.45) is -68.7. The van der Waals surface area contributed by atoms with Crippen LogP contribution in [0.1, 0.15) is 0 Å². The van der Waals surface area contributed by atoms with Crippen molar-refractivity contribution in [3.05, 3.63) is 0 Å². The van der Waals surface area contributed by atoms with Crippen molar-refractivity contribution in [2.45, 2.75) is 209 Å². The summed E-state index contributed by atoms with van der Waals surface area (Å²) in [7, 11) is 0. The van der Waals surface area contributed by atoms with E-state index in [0.29, 0.717) is 0 Å². The average Bonchev–Trinajstić information content (AvgIpc) is 3.43. The van der Waals surface area contributed by atoms with Gasteiger partial charge in [-0.15, -0.1) is 0 Å². The van der Waals surface area contributed by atoms with Gasteiger partial charge in [-0.3, -0.25) is 0 Å². The second-order valence-electron chi connectivity index (χ2n) is 19.7. The van der Waals surface area contributed by atoms with E-state index in [1.54, 1.807) is 0 Å². The van der Waals surface area contributed by atoms with Gasteiger partial charge in [0.05, 0.1) is 52.2 Å². The fraction of sp³-hybridized carbons (Fsp3) is 1.00. The van der Waals surface area contributed by atoms with Crippen molar-refractivity contribution in [1.29, 1.82) is 0 Å². The quantitative estimate of drug-likeness (QED) is 0.113. The van der Waals surface area contributed by atoms with Gasteiger partial charge in [0, 0.05) is 0 Å². The molecule has 0 radical (unpaired) electrons. The molecule has 0 spiro atoms. The molecule has 35 nitrogen and oxygen atoms in total. The number of rotatable bonds is 7. The molecule has 21 heterocycles. The normalized spacial score (nSPS) is 55.4. The number of hydrogen-bond donors (Lipinski definition) is 21. The molecule has 0 aromatic rings. The van der Waals surface area contributed by atoms with Crippen LogP contribution in [0.2, 0.25) is 0 Å². The zero-order valence-corrected chi connectivity index (χ0v) is 40.3. The Labute approximate surface area is 434 Å². The molecule has 0 amide bonds. The van der Waals surface area contributed by atoms with Crippen LogP contribution in [0, 0.1) is 5.92 Å². The first kappa shape index (κ1) is 61.7.